The van der Waals surface area contributed by atoms with Crippen LogP contribution in [0, 0.1) is 13.8 Å². The third-order valence-electron chi connectivity index (χ3n) is 5.28. The second-order valence-corrected chi connectivity index (χ2v) is 8.95. The Morgan fingerprint density at radius 1 is 1.00 bits per heavy atom. The maximum atomic E-state index is 12.9. The van der Waals surface area contributed by atoms with E-state index in [1.165, 1.54) is 18.2 Å². The van der Waals surface area contributed by atoms with Crippen molar-refractivity contribution >= 4 is 26.9 Å². The van der Waals surface area contributed by atoms with Crippen LogP contribution in [0.1, 0.15) is 39.5 Å². The number of alkyl halides is 3. The number of carbonyl (C=O) groups is 1. The molecule has 0 amide bonds. The van der Waals surface area contributed by atoms with E-state index in [1.54, 1.807) is 6.92 Å². The summed E-state index contributed by atoms with van der Waals surface area (Å²) in [5, 5.41) is 9.81. The van der Waals surface area contributed by atoms with Gasteiger partial charge in [-0.1, -0.05) is 25.1 Å². The summed E-state index contributed by atoms with van der Waals surface area (Å²) in [5.74, 6) is -1.81. The van der Waals surface area contributed by atoms with E-state index in [1.807, 2.05) is 32.0 Å². The van der Waals surface area contributed by atoms with Crippen molar-refractivity contribution in [2.75, 3.05) is 0 Å². The minimum Gasteiger partial charge on any atom is -0.489 e. The van der Waals surface area contributed by atoms with E-state index >= 15 is 0 Å². The molecule has 0 aliphatic heterocycles. The number of rotatable bonds is 7. The van der Waals surface area contributed by atoms with Gasteiger partial charge in [0.05, 0.1) is 5.56 Å². The highest BCUT2D eigenvalue weighted by Crippen LogP contribution is 2.37. The number of benzene rings is 3. The van der Waals surface area contributed by atoms with Gasteiger partial charge in [0, 0.05) is 5.39 Å². The van der Waals surface area contributed by atoms with E-state index in [2.05, 4.69) is 4.18 Å². The first-order valence-electron chi connectivity index (χ1n) is 9.87. The lowest BCUT2D eigenvalue weighted by Crippen LogP contribution is -2.28. The number of carboxylic acids is 1. The van der Waals surface area contributed by atoms with Gasteiger partial charge in [0.25, 0.3) is 0 Å². The van der Waals surface area contributed by atoms with Crippen LogP contribution < -0.4 is 8.92 Å². The summed E-state index contributed by atoms with van der Waals surface area (Å²) < 4.78 is 71.9. The van der Waals surface area contributed by atoms with Crippen molar-refractivity contribution in [2.45, 2.75) is 39.3 Å². The Morgan fingerprint density at radius 2 is 1.64 bits per heavy atom. The zero-order valence-electron chi connectivity index (χ0n) is 18.0. The molecule has 0 atom stereocenters. The van der Waals surface area contributed by atoms with Gasteiger partial charge in [-0.2, -0.15) is 21.6 Å². The topological polar surface area (TPSA) is 89.9 Å². The van der Waals surface area contributed by atoms with Crippen LogP contribution in [-0.4, -0.2) is 25.0 Å². The molecule has 10 heteroatoms. The van der Waals surface area contributed by atoms with Gasteiger partial charge in [-0.3, -0.25) is 0 Å². The molecule has 1 N–H and O–H groups in total. The zero-order chi connectivity index (χ0) is 24.6. The molecule has 0 aromatic heterocycles. The van der Waals surface area contributed by atoms with Crippen LogP contribution >= 0.6 is 0 Å². The summed E-state index contributed by atoms with van der Waals surface area (Å²) in [4.78, 5) is 11.8. The van der Waals surface area contributed by atoms with Crippen LogP contribution in [0.25, 0.3) is 10.8 Å². The maximum Gasteiger partial charge on any atom is 0.534 e. The first-order valence-corrected chi connectivity index (χ1v) is 11.3. The molecule has 0 radical (unpaired) electrons. The van der Waals surface area contributed by atoms with Gasteiger partial charge in [-0.25, -0.2) is 4.79 Å². The lowest BCUT2D eigenvalue weighted by atomic mass is 9.96. The summed E-state index contributed by atoms with van der Waals surface area (Å²) in [6.07, 6.45) is 0.227. The van der Waals surface area contributed by atoms with Gasteiger partial charge in [0.2, 0.25) is 0 Å². The van der Waals surface area contributed by atoms with Crippen LogP contribution in [0.2, 0.25) is 0 Å². The maximum absolute atomic E-state index is 12.9. The van der Waals surface area contributed by atoms with Gasteiger partial charge >= 0.3 is 21.6 Å². The summed E-state index contributed by atoms with van der Waals surface area (Å²) in [6.45, 7) is 5.77. The molecule has 0 aliphatic rings. The minimum atomic E-state index is -5.99. The van der Waals surface area contributed by atoms with Gasteiger partial charge in [-0.15, -0.1) is 0 Å². The number of ether oxygens (including phenoxy) is 1. The quantitative estimate of drug-likeness (QED) is 0.352. The molecule has 0 fully saturated rings. The van der Waals surface area contributed by atoms with Crippen molar-refractivity contribution in [3.05, 3.63) is 70.3 Å². The van der Waals surface area contributed by atoms with E-state index in [9.17, 15) is 31.5 Å². The van der Waals surface area contributed by atoms with Crippen molar-refractivity contribution in [3.63, 3.8) is 0 Å². The second kappa shape index (κ2) is 8.93. The van der Waals surface area contributed by atoms with Crippen LogP contribution in [0.3, 0.4) is 0 Å². The molecule has 0 heterocycles. The molecule has 0 spiro atoms. The second-order valence-electron chi connectivity index (χ2n) is 7.41. The van der Waals surface area contributed by atoms with Gasteiger partial charge < -0.3 is 14.0 Å². The highest BCUT2D eigenvalue weighted by atomic mass is 32.2. The van der Waals surface area contributed by atoms with Crippen LogP contribution in [0.5, 0.6) is 11.5 Å². The first-order chi connectivity index (χ1) is 15.4. The Hall–Kier alpha value is -3.27. The molecule has 0 aliphatic carbocycles. The van der Waals surface area contributed by atoms with Gasteiger partial charge in [0.15, 0.2) is 5.75 Å². The summed E-state index contributed by atoms with van der Waals surface area (Å²) >= 11 is 0. The van der Waals surface area contributed by atoms with Crippen molar-refractivity contribution < 1.29 is 40.4 Å². The van der Waals surface area contributed by atoms with Crippen LogP contribution in [-0.2, 0) is 23.1 Å². The number of halogens is 3. The van der Waals surface area contributed by atoms with E-state index < -0.39 is 27.3 Å². The number of hydrogen-bond donors (Lipinski definition) is 1. The lowest BCUT2D eigenvalue weighted by molar-refractivity contribution is -0.0499. The first kappa shape index (κ1) is 24.4. The standard InChI is InChI=1S/C23H21F3O6S/c1-4-16-18-10-15(31-12-20-13(2)6-5-7-14(20)3)8-9-17(18)21(11-19(16)22(27)28)32-33(29,30)23(24,25)26/h5-11H,4,12H2,1-3H3,(H,27,28). The molecule has 3 aromatic carbocycles. The molecule has 0 saturated carbocycles. The number of fused-ring (bicyclic) bond motifs is 1. The Kier molecular flexibility index (Phi) is 6.60. The molecule has 6 nitrogen and oxygen atoms in total. The fraction of sp³-hybridized carbons (Fsp3) is 0.261. The molecular formula is C23H21F3O6S. The zero-order valence-corrected chi connectivity index (χ0v) is 18.8. The third kappa shape index (κ3) is 4.90. The predicted molar refractivity (Wildman–Crippen MR) is 116 cm³/mol. The SMILES string of the molecule is CCc1c(C(=O)O)cc(OS(=O)(=O)C(F)(F)F)c2ccc(OCc3c(C)cccc3C)cc12. The molecule has 0 saturated heterocycles. The average molecular weight is 482 g/mol. The molecule has 0 bridgehead atoms. The molecular weight excluding hydrogens is 461 g/mol. The van der Waals surface area contributed by atoms with Gasteiger partial charge in [-0.05, 0) is 72.2 Å². The van der Waals surface area contributed by atoms with Crippen LogP contribution in [0.15, 0.2) is 42.5 Å². The average Bonchev–Trinajstić information content (AvgIpc) is 2.71. The van der Waals surface area contributed by atoms with Crippen molar-refractivity contribution in [2.24, 2.45) is 0 Å². The van der Waals surface area contributed by atoms with Crippen molar-refractivity contribution in [3.8, 4) is 11.5 Å². The number of aryl methyl sites for hydroxylation is 3. The lowest BCUT2D eigenvalue weighted by Gasteiger charge is -2.17. The summed E-state index contributed by atoms with van der Waals surface area (Å²) in [7, 11) is -5.99. The smallest absolute Gasteiger partial charge is 0.489 e. The number of carboxylic acid groups (broad SMARTS) is 1. The van der Waals surface area contributed by atoms with Gasteiger partial charge in [0.1, 0.15) is 12.4 Å². The minimum absolute atomic E-state index is 0.0177. The van der Waals surface area contributed by atoms with E-state index in [0.717, 1.165) is 22.8 Å². The Labute approximate surface area is 188 Å². The molecule has 0 unspecified atom stereocenters. The molecule has 3 rings (SSSR count). The van der Waals surface area contributed by atoms with Crippen molar-refractivity contribution in [1.82, 2.24) is 0 Å². The van der Waals surface area contributed by atoms with Crippen molar-refractivity contribution in [1.29, 1.82) is 0 Å². The Bertz CT molecular complexity index is 1310. The Balaban J connectivity index is 2.12. The molecule has 33 heavy (non-hydrogen) atoms. The highest BCUT2D eigenvalue weighted by molar-refractivity contribution is 7.88. The monoisotopic (exact) mass is 482 g/mol. The summed E-state index contributed by atoms with van der Waals surface area (Å²) in [5.41, 5.74) is -2.71. The summed E-state index contributed by atoms with van der Waals surface area (Å²) in [6, 6.07) is 10.9. The molecule has 3 aromatic rings. The van der Waals surface area contributed by atoms with Crippen LogP contribution in [0.4, 0.5) is 13.2 Å². The third-order valence-corrected chi connectivity index (χ3v) is 6.24. The largest absolute Gasteiger partial charge is 0.534 e. The fourth-order valence-electron chi connectivity index (χ4n) is 3.56. The predicted octanol–water partition coefficient (Wildman–Crippen LogP) is 5.52. The van der Waals surface area contributed by atoms with E-state index in [0.29, 0.717) is 11.3 Å². The fourth-order valence-corrected chi connectivity index (χ4v) is 4.03. The number of aromatic carboxylic acids is 1. The highest BCUT2D eigenvalue weighted by Gasteiger charge is 2.48. The normalized spacial score (nSPS) is 12.1. The molecule has 176 valence electrons. The number of hydrogen-bond acceptors (Lipinski definition) is 5. The van der Waals surface area contributed by atoms with E-state index in [4.69, 9.17) is 4.74 Å². The Morgan fingerprint density at radius 3 is 2.18 bits per heavy atom. The van der Waals surface area contributed by atoms with E-state index in [-0.39, 0.29) is 29.4 Å².